The maximum Gasteiger partial charge on any atom is 0.174 e. The minimum Gasteiger partial charge on any atom is -0.348 e. The second-order valence-electron chi connectivity index (χ2n) is 6.59. The molecule has 0 spiro atoms. The van der Waals surface area contributed by atoms with Gasteiger partial charge in [-0.2, -0.15) is 0 Å². The minimum atomic E-state index is -0.283. The summed E-state index contributed by atoms with van der Waals surface area (Å²) in [5.74, 6) is -0.233. The van der Waals surface area contributed by atoms with Crippen molar-refractivity contribution >= 4 is 34.6 Å². The lowest BCUT2D eigenvalue weighted by molar-refractivity contribution is 0.288. The molecule has 2 heterocycles. The highest BCUT2D eigenvalue weighted by Crippen LogP contribution is 2.34. The number of nitrogens with zero attached hydrogens (tertiary/aromatic N) is 2. The molecule has 0 saturated carbocycles. The van der Waals surface area contributed by atoms with Gasteiger partial charge in [-0.25, -0.2) is 4.39 Å². The van der Waals surface area contributed by atoms with Crippen LogP contribution in [0.25, 0.3) is 0 Å². The Hall–Kier alpha value is -2.37. The average molecular weight is 400 g/mol. The van der Waals surface area contributed by atoms with Crippen LogP contribution in [-0.4, -0.2) is 21.1 Å². The molecule has 0 aliphatic carbocycles. The minimum absolute atomic E-state index is 0.233. The van der Waals surface area contributed by atoms with Gasteiger partial charge in [0.25, 0.3) is 0 Å². The van der Waals surface area contributed by atoms with Gasteiger partial charge >= 0.3 is 0 Å². The van der Waals surface area contributed by atoms with E-state index in [4.69, 9.17) is 23.8 Å². The second-order valence-corrected chi connectivity index (χ2v) is 7.38. The van der Waals surface area contributed by atoms with E-state index in [0.717, 1.165) is 23.5 Å². The number of nitrogens with one attached hydrogen (secondary N) is 1. The predicted molar refractivity (Wildman–Crippen MR) is 112 cm³/mol. The Balaban J connectivity index is 1.71. The molecule has 3 nitrogen and oxygen atoms in total. The molecular formula is C21H19ClFN3S. The zero-order valence-electron chi connectivity index (χ0n) is 14.8. The van der Waals surface area contributed by atoms with Crippen LogP contribution in [0.5, 0.6) is 0 Å². The molecule has 6 heteroatoms. The molecule has 1 aromatic heterocycles. The summed E-state index contributed by atoms with van der Waals surface area (Å²) in [4.78, 5) is 2.05. The van der Waals surface area contributed by atoms with Crippen molar-refractivity contribution in [3.63, 3.8) is 0 Å². The standard InChI is InChI=1S/C21H19ClFN3S/c1-14-16(22)7-4-9-18(14)24-21(27)26-13-12-25-11-5-10-19(25)20(26)15-6-2-3-8-17(15)23/h2-11,20H,12-13H2,1H3,(H,24,27). The van der Waals surface area contributed by atoms with Gasteiger partial charge in [-0.05, 0) is 55.0 Å². The lowest BCUT2D eigenvalue weighted by atomic mass is 10.00. The number of benzene rings is 2. The number of thiocarbonyl (C=S) groups is 1. The SMILES string of the molecule is Cc1c(Cl)cccc1NC(=S)N1CCn2cccc2C1c1ccccc1F. The molecule has 0 amide bonds. The molecule has 138 valence electrons. The summed E-state index contributed by atoms with van der Waals surface area (Å²) in [6.07, 6.45) is 2.03. The summed E-state index contributed by atoms with van der Waals surface area (Å²) in [5, 5.41) is 4.54. The molecule has 0 fully saturated rings. The number of halogens is 2. The smallest absolute Gasteiger partial charge is 0.174 e. The maximum atomic E-state index is 14.6. The van der Waals surface area contributed by atoms with Gasteiger partial charge in [0, 0.05) is 41.3 Å². The molecule has 0 bridgehead atoms. The Labute approximate surface area is 168 Å². The number of fused-ring (bicyclic) bond motifs is 1. The van der Waals surface area contributed by atoms with E-state index in [1.807, 2.05) is 60.5 Å². The monoisotopic (exact) mass is 399 g/mol. The molecular weight excluding hydrogens is 381 g/mol. The van der Waals surface area contributed by atoms with Crippen LogP contribution in [0.2, 0.25) is 5.02 Å². The summed E-state index contributed by atoms with van der Waals surface area (Å²) in [7, 11) is 0. The first kappa shape index (κ1) is 18.0. The van der Waals surface area contributed by atoms with Gasteiger partial charge in [0.1, 0.15) is 5.82 Å². The van der Waals surface area contributed by atoms with Crippen molar-refractivity contribution in [2.75, 3.05) is 11.9 Å². The predicted octanol–water partition coefficient (Wildman–Crippen LogP) is 5.39. The van der Waals surface area contributed by atoms with E-state index < -0.39 is 0 Å². The van der Waals surface area contributed by atoms with Crippen molar-refractivity contribution in [2.45, 2.75) is 19.5 Å². The quantitative estimate of drug-likeness (QED) is 0.583. The Kier molecular flexibility index (Phi) is 4.89. The Bertz CT molecular complexity index is 1000. The third-order valence-corrected chi connectivity index (χ3v) is 5.75. The fourth-order valence-electron chi connectivity index (χ4n) is 3.56. The van der Waals surface area contributed by atoms with Gasteiger partial charge in [-0.15, -0.1) is 0 Å². The number of rotatable bonds is 2. The van der Waals surface area contributed by atoms with Crippen molar-refractivity contribution in [2.24, 2.45) is 0 Å². The molecule has 1 unspecified atom stereocenters. The Morgan fingerprint density at radius 3 is 2.74 bits per heavy atom. The first-order valence-corrected chi connectivity index (χ1v) is 9.57. The van der Waals surface area contributed by atoms with E-state index in [1.165, 1.54) is 6.07 Å². The molecule has 0 radical (unpaired) electrons. The van der Waals surface area contributed by atoms with E-state index in [9.17, 15) is 4.39 Å². The van der Waals surface area contributed by atoms with Crippen LogP contribution in [0.1, 0.15) is 22.9 Å². The maximum absolute atomic E-state index is 14.6. The normalized spacial score (nSPS) is 16.1. The van der Waals surface area contributed by atoms with Crippen molar-refractivity contribution in [3.05, 3.63) is 88.5 Å². The van der Waals surface area contributed by atoms with Crippen LogP contribution in [0.4, 0.5) is 10.1 Å². The topological polar surface area (TPSA) is 20.2 Å². The molecule has 3 aromatic rings. The highest BCUT2D eigenvalue weighted by molar-refractivity contribution is 7.80. The van der Waals surface area contributed by atoms with Gasteiger partial charge in [0.15, 0.2) is 5.11 Å². The highest BCUT2D eigenvalue weighted by atomic mass is 35.5. The summed E-state index contributed by atoms with van der Waals surface area (Å²) in [6, 6.07) is 16.3. The van der Waals surface area contributed by atoms with E-state index in [2.05, 4.69) is 9.88 Å². The molecule has 1 aliphatic heterocycles. The van der Waals surface area contributed by atoms with Crippen LogP contribution < -0.4 is 5.32 Å². The largest absolute Gasteiger partial charge is 0.348 e. The van der Waals surface area contributed by atoms with Crippen LogP contribution in [0.3, 0.4) is 0 Å². The van der Waals surface area contributed by atoms with E-state index >= 15 is 0 Å². The molecule has 4 rings (SSSR count). The van der Waals surface area contributed by atoms with Crippen LogP contribution in [-0.2, 0) is 6.54 Å². The molecule has 1 atom stereocenters. The summed E-state index contributed by atoms with van der Waals surface area (Å²) in [6.45, 7) is 3.43. The zero-order valence-corrected chi connectivity index (χ0v) is 16.4. The molecule has 1 N–H and O–H groups in total. The summed E-state index contributed by atoms with van der Waals surface area (Å²) < 4.78 is 16.8. The highest BCUT2D eigenvalue weighted by Gasteiger charge is 2.32. The van der Waals surface area contributed by atoms with Crippen LogP contribution in [0, 0.1) is 12.7 Å². The van der Waals surface area contributed by atoms with Crippen molar-refractivity contribution < 1.29 is 4.39 Å². The average Bonchev–Trinajstić information content (AvgIpc) is 3.14. The molecule has 0 saturated heterocycles. The van der Waals surface area contributed by atoms with Gasteiger partial charge in [0.05, 0.1) is 6.04 Å². The third-order valence-electron chi connectivity index (χ3n) is 5.01. The Morgan fingerprint density at radius 2 is 1.93 bits per heavy atom. The lowest BCUT2D eigenvalue weighted by Crippen LogP contribution is -2.44. The van der Waals surface area contributed by atoms with Gasteiger partial charge in [-0.3, -0.25) is 0 Å². The number of aromatic nitrogens is 1. The third kappa shape index (κ3) is 3.33. The number of hydrogen-bond donors (Lipinski definition) is 1. The van der Waals surface area contributed by atoms with Crippen molar-refractivity contribution in [1.82, 2.24) is 9.47 Å². The molecule has 27 heavy (non-hydrogen) atoms. The van der Waals surface area contributed by atoms with E-state index in [0.29, 0.717) is 22.2 Å². The summed E-state index contributed by atoms with van der Waals surface area (Å²) >= 11 is 12.0. The second kappa shape index (κ2) is 7.33. The summed E-state index contributed by atoms with van der Waals surface area (Å²) in [5.41, 5.74) is 3.44. The van der Waals surface area contributed by atoms with Crippen molar-refractivity contribution in [3.8, 4) is 0 Å². The zero-order chi connectivity index (χ0) is 19.0. The molecule has 1 aliphatic rings. The fraction of sp³-hybridized carbons (Fsp3) is 0.190. The van der Waals surface area contributed by atoms with E-state index in [1.54, 1.807) is 6.07 Å². The number of anilines is 1. The first-order chi connectivity index (χ1) is 13.1. The van der Waals surface area contributed by atoms with Gasteiger partial charge in [0.2, 0.25) is 0 Å². The van der Waals surface area contributed by atoms with Gasteiger partial charge < -0.3 is 14.8 Å². The lowest BCUT2D eigenvalue weighted by Gasteiger charge is -2.39. The first-order valence-electron chi connectivity index (χ1n) is 8.78. The van der Waals surface area contributed by atoms with Crippen LogP contribution in [0.15, 0.2) is 60.8 Å². The number of hydrogen-bond acceptors (Lipinski definition) is 1. The Morgan fingerprint density at radius 1 is 1.11 bits per heavy atom. The van der Waals surface area contributed by atoms with Crippen LogP contribution >= 0.6 is 23.8 Å². The van der Waals surface area contributed by atoms with E-state index in [-0.39, 0.29) is 11.9 Å². The molecule has 2 aromatic carbocycles. The van der Waals surface area contributed by atoms with Crippen molar-refractivity contribution in [1.29, 1.82) is 0 Å². The fourth-order valence-corrected chi connectivity index (χ4v) is 4.04. The van der Waals surface area contributed by atoms with Gasteiger partial charge in [-0.1, -0.05) is 35.9 Å².